The number of hydrogen-bond acceptors (Lipinski definition) is 6. The van der Waals surface area contributed by atoms with E-state index in [0.717, 1.165) is 33.0 Å². The molecule has 172 valence electrons. The van der Waals surface area contributed by atoms with Gasteiger partial charge in [-0.1, -0.05) is 19.1 Å². The number of aromatic nitrogens is 3. The molecular formula is C25H22N4O3S2. The van der Waals surface area contributed by atoms with Gasteiger partial charge in [0.1, 0.15) is 5.65 Å². The third kappa shape index (κ3) is 3.76. The fourth-order valence-corrected chi connectivity index (χ4v) is 5.58. The predicted molar refractivity (Wildman–Crippen MR) is 136 cm³/mol. The van der Waals surface area contributed by atoms with Crippen LogP contribution in [0.1, 0.15) is 28.4 Å². The van der Waals surface area contributed by atoms with Gasteiger partial charge in [0.15, 0.2) is 15.0 Å². The van der Waals surface area contributed by atoms with Crippen LogP contribution in [-0.2, 0) is 9.84 Å². The second kappa shape index (κ2) is 8.34. The molecule has 34 heavy (non-hydrogen) atoms. The monoisotopic (exact) mass is 490 g/mol. The number of fused-ring (bicyclic) bond motifs is 3. The third-order valence-corrected chi connectivity index (χ3v) is 8.33. The number of aryl methyl sites for hydroxylation is 2. The number of anilines is 1. The van der Waals surface area contributed by atoms with Crippen molar-refractivity contribution in [2.75, 3.05) is 11.1 Å². The van der Waals surface area contributed by atoms with Gasteiger partial charge in [0, 0.05) is 34.1 Å². The first kappa shape index (κ1) is 22.2. The van der Waals surface area contributed by atoms with Gasteiger partial charge in [0.05, 0.1) is 16.2 Å². The first-order valence-corrected chi connectivity index (χ1v) is 13.3. The normalized spacial score (nSPS) is 11.9. The number of amides is 1. The lowest BCUT2D eigenvalue weighted by atomic mass is 9.93. The summed E-state index contributed by atoms with van der Waals surface area (Å²) in [5, 5.41) is 6.98. The molecule has 0 unspecified atom stereocenters. The number of rotatable bonds is 5. The molecule has 5 rings (SSSR count). The zero-order chi connectivity index (χ0) is 24.0. The van der Waals surface area contributed by atoms with Crippen LogP contribution in [0.4, 0.5) is 5.13 Å². The van der Waals surface area contributed by atoms with Crippen LogP contribution in [0.25, 0.3) is 33.1 Å². The minimum Gasteiger partial charge on any atom is -0.339 e. The fraction of sp³-hybridized carbons (Fsp3) is 0.160. The lowest BCUT2D eigenvalue weighted by Crippen LogP contribution is -2.13. The second-order valence-electron chi connectivity index (χ2n) is 8.10. The van der Waals surface area contributed by atoms with Crippen LogP contribution in [0.15, 0.2) is 59.1 Å². The van der Waals surface area contributed by atoms with Crippen LogP contribution in [0.3, 0.4) is 0 Å². The molecule has 0 saturated carbocycles. The average molecular weight is 491 g/mol. The van der Waals surface area contributed by atoms with Crippen LogP contribution < -0.4 is 5.32 Å². The maximum absolute atomic E-state index is 13.2. The predicted octanol–water partition coefficient (Wildman–Crippen LogP) is 5.50. The Kier molecular flexibility index (Phi) is 5.45. The number of nitrogens with one attached hydrogen (secondary N) is 2. The van der Waals surface area contributed by atoms with Gasteiger partial charge in [0.25, 0.3) is 5.91 Å². The minimum atomic E-state index is -3.39. The molecule has 3 heterocycles. The number of hydrogen-bond donors (Lipinski definition) is 2. The van der Waals surface area contributed by atoms with Gasteiger partial charge in [-0.3, -0.25) is 10.1 Å². The van der Waals surface area contributed by atoms with E-state index in [1.165, 1.54) is 11.3 Å². The molecule has 0 bridgehead atoms. The highest BCUT2D eigenvalue weighted by Gasteiger charge is 2.21. The highest BCUT2D eigenvalue weighted by Crippen LogP contribution is 2.38. The molecule has 0 spiro atoms. The largest absolute Gasteiger partial charge is 0.339 e. The number of pyridine rings is 1. The lowest BCUT2D eigenvalue weighted by Gasteiger charge is -2.13. The molecule has 2 aromatic carbocycles. The van der Waals surface area contributed by atoms with Crippen LogP contribution >= 0.6 is 11.3 Å². The quantitative estimate of drug-likeness (QED) is 0.338. The number of carbonyl (C=O) groups is 1. The van der Waals surface area contributed by atoms with E-state index < -0.39 is 9.84 Å². The maximum Gasteiger partial charge on any atom is 0.257 e. The van der Waals surface area contributed by atoms with Crippen molar-refractivity contribution in [1.29, 1.82) is 0 Å². The van der Waals surface area contributed by atoms with Crippen molar-refractivity contribution in [3.05, 3.63) is 70.9 Å². The van der Waals surface area contributed by atoms with Crippen molar-refractivity contribution >= 4 is 54.1 Å². The van der Waals surface area contributed by atoms with E-state index in [1.807, 2.05) is 32.0 Å². The van der Waals surface area contributed by atoms with E-state index in [2.05, 4.69) is 20.3 Å². The molecule has 0 radical (unpaired) electrons. The summed E-state index contributed by atoms with van der Waals surface area (Å²) >= 11 is 1.34. The van der Waals surface area contributed by atoms with E-state index in [9.17, 15) is 13.2 Å². The molecule has 0 aliphatic carbocycles. The Morgan fingerprint density at radius 2 is 1.97 bits per heavy atom. The summed E-state index contributed by atoms with van der Waals surface area (Å²) in [6.07, 6.45) is 3.42. The number of nitrogens with zero attached hydrogens (tertiary/aromatic N) is 2. The molecule has 1 amide bonds. The minimum absolute atomic E-state index is 0.0113. The van der Waals surface area contributed by atoms with Gasteiger partial charge < -0.3 is 4.98 Å². The van der Waals surface area contributed by atoms with E-state index in [1.54, 1.807) is 42.9 Å². The summed E-state index contributed by atoms with van der Waals surface area (Å²) in [6, 6.07) is 10.7. The summed E-state index contributed by atoms with van der Waals surface area (Å²) < 4.78 is 25.2. The Balaban J connectivity index is 1.81. The summed E-state index contributed by atoms with van der Waals surface area (Å²) in [4.78, 5) is 25.5. The van der Waals surface area contributed by atoms with Crippen molar-refractivity contribution in [2.24, 2.45) is 0 Å². The molecule has 2 N–H and O–H groups in total. The molecule has 7 nitrogen and oxygen atoms in total. The summed E-state index contributed by atoms with van der Waals surface area (Å²) in [6.45, 7) is 5.49. The Morgan fingerprint density at radius 1 is 1.15 bits per heavy atom. The maximum atomic E-state index is 13.2. The number of aromatic amines is 1. The lowest BCUT2D eigenvalue weighted by molar-refractivity contribution is 0.102. The topological polar surface area (TPSA) is 105 Å². The Bertz CT molecular complexity index is 1670. The van der Waals surface area contributed by atoms with Gasteiger partial charge in [-0.25, -0.2) is 18.4 Å². The van der Waals surface area contributed by atoms with E-state index in [4.69, 9.17) is 0 Å². The third-order valence-electron chi connectivity index (χ3n) is 5.91. The van der Waals surface area contributed by atoms with Crippen LogP contribution in [0, 0.1) is 13.8 Å². The SMILES string of the molecule is CCS(=O)(=O)c1cccc(-c2cc(C(=O)Nc3nccs3)c(C)c3[nH]c4ncc(C)cc4c23)c1. The molecule has 5 aromatic rings. The first-order chi connectivity index (χ1) is 16.3. The standard InChI is InChI=1S/C25H22N4O3S2/c1-4-34(31,32)17-7-5-6-16(11-17)19-12-18(24(30)29-25-26-8-9-33-25)15(3)22-21(19)20-10-14(2)13-27-23(20)28-22/h5-13H,4H2,1-3H3,(H,27,28)(H,26,29,30). The highest BCUT2D eigenvalue weighted by atomic mass is 32.2. The first-order valence-electron chi connectivity index (χ1n) is 10.7. The number of thiazole rings is 1. The van der Waals surface area contributed by atoms with Crippen LogP contribution in [-0.4, -0.2) is 35.0 Å². The smallest absolute Gasteiger partial charge is 0.257 e. The molecule has 3 aromatic heterocycles. The summed E-state index contributed by atoms with van der Waals surface area (Å²) in [7, 11) is -3.39. The van der Waals surface area contributed by atoms with E-state index in [0.29, 0.717) is 21.9 Å². The van der Waals surface area contributed by atoms with Crippen molar-refractivity contribution in [3.63, 3.8) is 0 Å². The van der Waals surface area contributed by atoms with Crippen molar-refractivity contribution in [1.82, 2.24) is 15.0 Å². The van der Waals surface area contributed by atoms with Crippen molar-refractivity contribution in [3.8, 4) is 11.1 Å². The van der Waals surface area contributed by atoms with Crippen LogP contribution in [0.2, 0.25) is 0 Å². The molecule has 0 fully saturated rings. The second-order valence-corrected chi connectivity index (χ2v) is 11.3. The molecule has 0 aliphatic rings. The summed E-state index contributed by atoms with van der Waals surface area (Å²) in [5.74, 6) is -0.270. The Hall–Kier alpha value is -3.56. The van der Waals surface area contributed by atoms with Gasteiger partial charge >= 0.3 is 0 Å². The highest BCUT2D eigenvalue weighted by molar-refractivity contribution is 7.91. The molecular weight excluding hydrogens is 468 g/mol. The Labute approximate surface area is 200 Å². The molecule has 9 heteroatoms. The molecule has 0 atom stereocenters. The van der Waals surface area contributed by atoms with Gasteiger partial charge in [-0.2, -0.15) is 0 Å². The number of H-pyrrole nitrogens is 1. The van der Waals surface area contributed by atoms with E-state index >= 15 is 0 Å². The summed E-state index contributed by atoms with van der Waals surface area (Å²) in [5.41, 5.74) is 5.23. The zero-order valence-electron chi connectivity index (χ0n) is 18.8. The molecule has 0 saturated heterocycles. The van der Waals surface area contributed by atoms with Gasteiger partial charge in [-0.15, -0.1) is 11.3 Å². The number of sulfone groups is 1. The molecule has 0 aliphatic heterocycles. The van der Waals surface area contributed by atoms with Crippen molar-refractivity contribution < 1.29 is 13.2 Å². The van der Waals surface area contributed by atoms with Crippen molar-refractivity contribution in [2.45, 2.75) is 25.7 Å². The van der Waals surface area contributed by atoms with Gasteiger partial charge in [-0.05, 0) is 60.4 Å². The number of carbonyl (C=O) groups excluding carboxylic acids is 1. The zero-order valence-corrected chi connectivity index (χ0v) is 20.5. The van der Waals surface area contributed by atoms with E-state index in [-0.39, 0.29) is 16.6 Å². The van der Waals surface area contributed by atoms with Crippen LogP contribution in [0.5, 0.6) is 0 Å². The Morgan fingerprint density at radius 3 is 2.71 bits per heavy atom. The number of benzene rings is 2. The average Bonchev–Trinajstić information content (AvgIpc) is 3.47. The fourth-order valence-electron chi connectivity index (χ4n) is 4.13. The van der Waals surface area contributed by atoms with Gasteiger partial charge in [0.2, 0.25) is 0 Å².